The zero-order valence-electron chi connectivity index (χ0n) is 14.4. The van der Waals surface area contributed by atoms with Crippen LogP contribution in [0.25, 0.3) is 0 Å². The Bertz CT molecular complexity index is 888. The van der Waals surface area contributed by atoms with E-state index in [2.05, 4.69) is 5.32 Å². The van der Waals surface area contributed by atoms with Gasteiger partial charge in [0.05, 0.1) is 15.7 Å². The number of nitrogens with one attached hydrogen (secondary N) is 1. The maximum absolute atomic E-state index is 12.6. The highest BCUT2D eigenvalue weighted by atomic mass is 32.2. The molecule has 7 nitrogen and oxygen atoms in total. The van der Waals surface area contributed by atoms with E-state index in [0.717, 1.165) is 16.4 Å². The van der Waals surface area contributed by atoms with Gasteiger partial charge in [0.15, 0.2) is 9.84 Å². The summed E-state index contributed by atoms with van der Waals surface area (Å²) < 4.78 is 88.3. The zero-order valence-corrected chi connectivity index (χ0v) is 16.0. The van der Waals surface area contributed by atoms with Gasteiger partial charge in [-0.05, 0) is 37.1 Å². The van der Waals surface area contributed by atoms with Gasteiger partial charge in [0.25, 0.3) is 0 Å². The van der Waals surface area contributed by atoms with Gasteiger partial charge in [-0.1, -0.05) is 0 Å². The number of alkyl halides is 3. The maximum atomic E-state index is 12.6. The molecule has 152 valence electrons. The van der Waals surface area contributed by atoms with Crippen molar-refractivity contribution < 1.29 is 34.8 Å². The SMILES string of the molecule is CNC(=O)CS(=O)(=O)C1CCN(S(=O)(=O)c2ccc(C(F)(F)F)cc2)CC1. The van der Waals surface area contributed by atoms with E-state index in [9.17, 15) is 34.8 Å². The standard InChI is InChI=1S/C15H19F3N2O5S2/c1-19-14(21)10-26(22,23)12-6-8-20(9-7-12)27(24,25)13-4-2-11(3-5-13)15(16,17)18/h2-5,12H,6-10H2,1H3,(H,19,21). The van der Waals surface area contributed by atoms with Gasteiger partial charge in [-0.25, -0.2) is 16.8 Å². The molecule has 0 aliphatic carbocycles. The van der Waals surface area contributed by atoms with Gasteiger partial charge in [0.1, 0.15) is 5.75 Å². The first-order valence-electron chi connectivity index (χ1n) is 7.97. The highest BCUT2D eigenvalue weighted by Gasteiger charge is 2.36. The van der Waals surface area contributed by atoms with Crippen molar-refractivity contribution >= 4 is 25.8 Å². The van der Waals surface area contributed by atoms with Gasteiger partial charge in [0, 0.05) is 20.1 Å². The van der Waals surface area contributed by atoms with Crippen molar-refractivity contribution in [2.24, 2.45) is 0 Å². The molecule has 1 saturated heterocycles. The van der Waals surface area contributed by atoms with Crippen LogP contribution in [0.4, 0.5) is 13.2 Å². The number of piperidine rings is 1. The van der Waals surface area contributed by atoms with Crippen molar-refractivity contribution in [2.75, 3.05) is 25.9 Å². The number of sulfonamides is 1. The molecule has 1 heterocycles. The highest BCUT2D eigenvalue weighted by molar-refractivity contribution is 7.92. The molecule has 1 N–H and O–H groups in total. The van der Waals surface area contributed by atoms with Crippen LogP contribution in [0.1, 0.15) is 18.4 Å². The summed E-state index contributed by atoms with van der Waals surface area (Å²) in [4.78, 5) is 11.0. The Hall–Kier alpha value is -1.66. The minimum Gasteiger partial charge on any atom is -0.358 e. The predicted molar refractivity (Wildman–Crippen MR) is 91.1 cm³/mol. The van der Waals surface area contributed by atoms with Crippen molar-refractivity contribution in [1.29, 1.82) is 0 Å². The molecule has 0 bridgehead atoms. The minimum atomic E-state index is -4.57. The van der Waals surface area contributed by atoms with Crippen LogP contribution in [0, 0.1) is 0 Å². The van der Waals surface area contributed by atoms with E-state index in [1.807, 2.05) is 0 Å². The van der Waals surface area contributed by atoms with Crippen molar-refractivity contribution in [2.45, 2.75) is 29.2 Å². The van der Waals surface area contributed by atoms with Crippen LogP contribution in [0.3, 0.4) is 0 Å². The van der Waals surface area contributed by atoms with Crippen molar-refractivity contribution in [1.82, 2.24) is 9.62 Å². The van der Waals surface area contributed by atoms with Gasteiger partial charge in [-0.15, -0.1) is 0 Å². The number of sulfone groups is 1. The average Bonchev–Trinajstić information content (AvgIpc) is 2.60. The van der Waals surface area contributed by atoms with E-state index < -0.39 is 48.5 Å². The number of benzene rings is 1. The molecular formula is C15H19F3N2O5S2. The smallest absolute Gasteiger partial charge is 0.358 e. The minimum absolute atomic E-state index is 0.0131. The Morgan fingerprint density at radius 1 is 1.11 bits per heavy atom. The number of amides is 1. The topological polar surface area (TPSA) is 101 Å². The fourth-order valence-corrected chi connectivity index (χ4v) is 5.91. The highest BCUT2D eigenvalue weighted by Crippen LogP contribution is 2.31. The van der Waals surface area contributed by atoms with Gasteiger partial charge < -0.3 is 5.32 Å². The first-order chi connectivity index (χ1) is 12.4. The molecule has 1 aromatic rings. The number of hydrogen-bond acceptors (Lipinski definition) is 5. The number of nitrogens with zero attached hydrogens (tertiary/aromatic N) is 1. The van der Waals surface area contributed by atoms with E-state index in [0.29, 0.717) is 12.1 Å². The summed E-state index contributed by atoms with van der Waals surface area (Å²) in [6.45, 7) is -0.192. The third-order valence-corrected chi connectivity index (χ3v) is 8.40. The lowest BCUT2D eigenvalue weighted by molar-refractivity contribution is -0.137. The van der Waals surface area contributed by atoms with Gasteiger partial charge in [0.2, 0.25) is 15.9 Å². The quantitative estimate of drug-likeness (QED) is 0.755. The number of halogens is 3. The van der Waals surface area contributed by atoms with Crippen LogP contribution in [-0.4, -0.2) is 58.2 Å². The number of rotatable bonds is 5. The summed E-state index contributed by atoms with van der Waals surface area (Å²) in [5, 5.41) is 1.39. The molecular weight excluding hydrogens is 409 g/mol. The second-order valence-corrected chi connectivity index (χ2v) is 10.3. The molecule has 1 fully saturated rings. The summed E-state index contributed by atoms with van der Waals surface area (Å²) in [7, 11) is -6.42. The van der Waals surface area contributed by atoms with Crippen LogP contribution in [0.15, 0.2) is 29.2 Å². The molecule has 2 rings (SSSR count). The van der Waals surface area contributed by atoms with Crippen LogP contribution < -0.4 is 5.32 Å². The molecule has 0 saturated carbocycles. The molecule has 0 atom stereocenters. The Kier molecular flexibility index (Phi) is 6.22. The second kappa shape index (κ2) is 7.76. The number of carbonyl (C=O) groups excluding carboxylic acids is 1. The monoisotopic (exact) mass is 428 g/mol. The molecule has 1 amide bonds. The predicted octanol–water partition coefficient (Wildman–Crippen LogP) is 1.02. The van der Waals surface area contributed by atoms with E-state index >= 15 is 0 Å². The van der Waals surface area contributed by atoms with Gasteiger partial charge >= 0.3 is 6.18 Å². The van der Waals surface area contributed by atoms with Crippen molar-refractivity contribution in [3.8, 4) is 0 Å². The third-order valence-electron chi connectivity index (χ3n) is 4.34. The molecule has 0 radical (unpaired) electrons. The van der Waals surface area contributed by atoms with E-state index in [4.69, 9.17) is 0 Å². The van der Waals surface area contributed by atoms with Gasteiger partial charge in [-0.3, -0.25) is 4.79 Å². The van der Waals surface area contributed by atoms with Crippen LogP contribution in [0.2, 0.25) is 0 Å². The Morgan fingerprint density at radius 2 is 1.63 bits per heavy atom. The zero-order chi connectivity index (χ0) is 20.5. The summed E-state index contributed by atoms with van der Waals surface area (Å²) in [6.07, 6.45) is -4.54. The molecule has 0 unspecified atom stereocenters. The Balaban J connectivity index is 2.09. The fourth-order valence-electron chi connectivity index (χ4n) is 2.77. The average molecular weight is 428 g/mol. The first-order valence-corrected chi connectivity index (χ1v) is 11.1. The molecule has 0 aromatic heterocycles. The second-order valence-electron chi connectivity index (χ2n) is 6.11. The van der Waals surface area contributed by atoms with Crippen LogP contribution in [-0.2, 0) is 30.8 Å². The lowest BCUT2D eigenvalue weighted by Gasteiger charge is -2.30. The lowest BCUT2D eigenvalue weighted by atomic mass is 10.2. The molecule has 1 aliphatic heterocycles. The largest absolute Gasteiger partial charge is 0.416 e. The maximum Gasteiger partial charge on any atom is 0.416 e. The third kappa shape index (κ3) is 4.99. The Labute approximate surface area is 155 Å². The van der Waals surface area contributed by atoms with E-state index in [1.54, 1.807) is 0 Å². The molecule has 12 heteroatoms. The molecule has 1 aliphatic rings. The fraction of sp³-hybridized carbons (Fsp3) is 0.533. The number of hydrogen-bond donors (Lipinski definition) is 1. The van der Waals surface area contributed by atoms with Crippen molar-refractivity contribution in [3.63, 3.8) is 0 Å². The summed E-state index contributed by atoms with van der Waals surface area (Å²) in [6, 6.07) is 3.14. The lowest BCUT2D eigenvalue weighted by Crippen LogP contribution is -2.44. The first kappa shape index (κ1) is 21.6. The van der Waals surface area contributed by atoms with Crippen molar-refractivity contribution in [3.05, 3.63) is 29.8 Å². The molecule has 0 spiro atoms. The summed E-state index contributed by atoms with van der Waals surface area (Å²) in [5.74, 6) is -1.31. The van der Waals surface area contributed by atoms with E-state index in [-0.39, 0.29) is 30.8 Å². The Morgan fingerprint density at radius 3 is 2.07 bits per heavy atom. The van der Waals surface area contributed by atoms with Crippen LogP contribution >= 0.6 is 0 Å². The summed E-state index contributed by atoms with van der Waals surface area (Å²) in [5.41, 5.74) is -0.958. The molecule has 1 aromatic carbocycles. The summed E-state index contributed by atoms with van der Waals surface area (Å²) >= 11 is 0. The van der Waals surface area contributed by atoms with Crippen LogP contribution in [0.5, 0.6) is 0 Å². The van der Waals surface area contributed by atoms with E-state index in [1.165, 1.54) is 7.05 Å². The normalized spacial score (nSPS) is 17.6. The molecule has 27 heavy (non-hydrogen) atoms. The number of carbonyl (C=O) groups is 1. The van der Waals surface area contributed by atoms with Gasteiger partial charge in [-0.2, -0.15) is 17.5 Å².